The number of carbonyl (C=O) groups excluding carboxylic acids is 1. The van der Waals surface area contributed by atoms with Gasteiger partial charge in [0.05, 0.1) is 43.1 Å². The Labute approximate surface area is 232 Å². The minimum atomic E-state index is 0.0615. The largest absolute Gasteiger partial charge is 0.491 e. The molecule has 0 aliphatic carbocycles. The number of anilines is 3. The minimum absolute atomic E-state index is 0.0615. The van der Waals surface area contributed by atoms with Gasteiger partial charge < -0.3 is 34.7 Å². The average molecular weight is 547 g/mol. The van der Waals surface area contributed by atoms with Crippen molar-refractivity contribution in [2.45, 2.75) is 25.3 Å². The molecule has 2 fully saturated rings. The number of rotatable bonds is 8. The number of hydrogen-bond acceptors (Lipinski definition) is 10. The number of morpholine rings is 1. The Morgan fingerprint density at radius 1 is 1.20 bits per heavy atom. The van der Waals surface area contributed by atoms with Crippen LogP contribution in [-0.4, -0.2) is 103 Å². The Hall–Kier alpha value is -3.92. The number of nitrogens with one attached hydrogen (secondary N) is 3. The number of H-pyrrole nitrogens is 1. The van der Waals surface area contributed by atoms with Gasteiger partial charge in [-0.05, 0) is 25.0 Å². The van der Waals surface area contributed by atoms with Crippen molar-refractivity contribution in [1.82, 2.24) is 24.8 Å². The molecule has 12 nitrogen and oxygen atoms in total. The predicted molar refractivity (Wildman–Crippen MR) is 149 cm³/mol. The Balaban J connectivity index is 1.20. The highest BCUT2D eigenvalue weighted by atomic mass is 16.5. The van der Waals surface area contributed by atoms with E-state index in [9.17, 15) is 10.1 Å². The van der Waals surface area contributed by atoms with Crippen molar-refractivity contribution >= 4 is 34.4 Å². The number of methoxy groups -OCH3 is 1. The van der Waals surface area contributed by atoms with Crippen molar-refractivity contribution in [3.63, 3.8) is 0 Å². The van der Waals surface area contributed by atoms with E-state index in [4.69, 9.17) is 14.2 Å². The molecule has 0 unspecified atom stereocenters. The molecule has 0 spiro atoms. The fourth-order valence-electron chi connectivity index (χ4n) is 5.84. The molecule has 40 heavy (non-hydrogen) atoms. The van der Waals surface area contributed by atoms with Gasteiger partial charge >= 0.3 is 0 Å². The zero-order chi connectivity index (χ0) is 27.5. The summed E-state index contributed by atoms with van der Waals surface area (Å²) in [5.41, 5.74) is 3.31. The number of nitriles is 1. The smallest absolute Gasteiger partial charge is 0.254 e. The molecule has 5 heterocycles. The van der Waals surface area contributed by atoms with Crippen molar-refractivity contribution in [1.29, 1.82) is 5.26 Å². The lowest BCUT2D eigenvalue weighted by Crippen LogP contribution is -2.50. The summed E-state index contributed by atoms with van der Waals surface area (Å²) in [6.45, 7) is 6.57. The lowest BCUT2D eigenvalue weighted by atomic mass is 9.99. The summed E-state index contributed by atoms with van der Waals surface area (Å²) in [5.74, 6) is 1.61. The van der Waals surface area contributed by atoms with Gasteiger partial charge in [-0.25, -0.2) is 0 Å². The molecular weight excluding hydrogens is 512 g/mol. The monoisotopic (exact) mass is 546 g/mol. The van der Waals surface area contributed by atoms with E-state index in [1.165, 1.54) is 0 Å². The Kier molecular flexibility index (Phi) is 7.68. The number of benzene rings is 1. The van der Waals surface area contributed by atoms with E-state index in [1.807, 2.05) is 17.0 Å². The maximum Gasteiger partial charge on any atom is 0.254 e. The molecule has 3 aliphatic heterocycles. The molecule has 6 rings (SSSR count). The number of piperidine rings is 1. The van der Waals surface area contributed by atoms with Crippen LogP contribution in [0.25, 0.3) is 11.0 Å². The van der Waals surface area contributed by atoms with Crippen molar-refractivity contribution in [2.24, 2.45) is 0 Å². The quantitative estimate of drug-likeness (QED) is 0.361. The highest BCUT2D eigenvalue weighted by Gasteiger charge is 2.31. The standard InChI is InChI=1S/C28H34N8O4/c1-38-13-7-30-25-23-18(16-29)17-31-26(23)34-28(33-25)32-22-3-2-21(20-6-12-40-24(20)22)27(37)36-8-4-19(5-9-36)35-10-14-39-15-11-35/h2-3,17,19H,4-15H2,1H3,(H3,30,31,32,33,34). The van der Waals surface area contributed by atoms with E-state index in [1.54, 1.807) is 13.3 Å². The molecule has 12 heteroatoms. The Morgan fingerprint density at radius 3 is 2.80 bits per heavy atom. The molecule has 0 bridgehead atoms. The topological polar surface area (TPSA) is 141 Å². The second-order valence-electron chi connectivity index (χ2n) is 10.2. The lowest BCUT2D eigenvalue weighted by Gasteiger charge is -2.40. The van der Waals surface area contributed by atoms with E-state index < -0.39 is 0 Å². The molecule has 210 valence electrons. The second kappa shape index (κ2) is 11.7. The number of aromatic amines is 1. The van der Waals surface area contributed by atoms with Crippen LogP contribution >= 0.6 is 0 Å². The summed E-state index contributed by atoms with van der Waals surface area (Å²) in [5, 5.41) is 16.7. The molecule has 3 aliphatic rings. The fraction of sp³-hybridized carbons (Fsp3) is 0.500. The number of fused-ring (bicyclic) bond motifs is 2. The fourth-order valence-corrected chi connectivity index (χ4v) is 5.84. The number of aromatic nitrogens is 3. The molecule has 3 aromatic rings. The van der Waals surface area contributed by atoms with E-state index in [-0.39, 0.29) is 5.91 Å². The molecule has 3 N–H and O–H groups in total. The number of carbonyl (C=O) groups is 1. The molecule has 2 aromatic heterocycles. The number of ether oxygens (including phenoxy) is 3. The Bertz CT molecular complexity index is 1420. The number of likely N-dealkylation sites (tertiary alicyclic amines) is 1. The van der Waals surface area contributed by atoms with E-state index in [0.717, 1.165) is 57.8 Å². The minimum Gasteiger partial charge on any atom is -0.491 e. The maximum absolute atomic E-state index is 13.6. The average Bonchev–Trinajstić information content (AvgIpc) is 3.66. The van der Waals surface area contributed by atoms with Crippen LogP contribution in [0.3, 0.4) is 0 Å². The number of amides is 1. The third-order valence-corrected chi connectivity index (χ3v) is 7.90. The summed E-state index contributed by atoms with van der Waals surface area (Å²) in [6.07, 6.45) is 4.26. The van der Waals surface area contributed by atoms with Crippen molar-refractivity contribution in [3.8, 4) is 11.8 Å². The molecule has 0 saturated carbocycles. The van der Waals surface area contributed by atoms with E-state index in [0.29, 0.717) is 77.6 Å². The predicted octanol–water partition coefficient (Wildman–Crippen LogP) is 2.50. The second-order valence-corrected chi connectivity index (χ2v) is 10.2. The first-order valence-electron chi connectivity index (χ1n) is 13.8. The summed E-state index contributed by atoms with van der Waals surface area (Å²) < 4.78 is 16.6. The van der Waals surface area contributed by atoms with Gasteiger partial charge in [0.1, 0.15) is 23.3 Å². The first kappa shape index (κ1) is 26.3. The van der Waals surface area contributed by atoms with E-state index in [2.05, 4.69) is 36.6 Å². The van der Waals surface area contributed by atoms with E-state index >= 15 is 0 Å². The third kappa shape index (κ3) is 5.15. The molecule has 1 amide bonds. The van der Waals surface area contributed by atoms with Crippen LogP contribution in [0.1, 0.15) is 34.3 Å². The summed E-state index contributed by atoms with van der Waals surface area (Å²) in [7, 11) is 1.63. The Morgan fingerprint density at radius 2 is 2.02 bits per heavy atom. The molecule has 1 aromatic carbocycles. The van der Waals surface area contributed by atoms with Gasteiger partial charge in [-0.3, -0.25) is 9.69 Å². The van der Waals surface area contributed by atoms with Gasteiger partial charge in [-0.2, -0.15) is 15.2 Å². The van der Waals surface area contributed by atoms with Crippen LogP contribution in [-0.2, 0) is 15.9 Å². The first-order valence-corrected chi connectivity index (χ1v) is 13.8. The molecule has 0 radical (unpaired) electrons. The zero-order valence-electron chi connectivity index (χ0n) is 22.7. The van der Waals surface area contributed by atoms with Crippen LogP contribution in [0.15, 0.2) is 18.3 Å². The molecule has 2 saturated heterocycles. The van der Waals surface area contributed by atoms with Crippen molar-refractivity contribution in [2.75, 3.05) is 76.9 Å². The van der Waals surface area contributed by atoms with Crippen molar-refractivity contribution in [3.05, 3.63) is 35.0 Å². The molecule has 0 atom stereocenters. The van der Waals surface area contributed by atoms with Crippen molar-refractivity contribution < 1.29 is 19.0 Å². The lowest BCUT2D eigenvalue weighted by molar-refractivity contribution is 0.00158. The van der Waals surface area contributed by atoms with Crippen LogP contribution in [0, 0.1) is 11.3 Å². The van der Waals surface area contributed by atoms with Gasteiger partial charge in [0.2, 0.25) is 5.95 Å². The van der Waals surface area contributed by atoms with Gasteiger partial charge in [-0.1, -0.05) is 0 Å². The summed E-state index contributed by atoms with van der Waals surface area (Å²) >= 11 is 0. The highest BCUT2D eigenvalue weighted by molar-refractivity contribution is 5.98. The normalized spacial score (nSPS) is 17.9. The van der Waals surface area contributed by atoms with Crippen LogP contribution < -0.4 is 15.4 Å². The number of nitrogens with zero attached hydrogens (tertiary/aromatic N) is 5. The highest BCUT2D eigenvalue weighted by Crippen LogP contribution is 2.38. The van der Waals surface area contributed by atoms with Gasteiger partial charge in [-0.15, -0.1) is 0 Å². The van der Waals surface area contributed by atoms with Gasteiger partial charge in [0, 0.05) is 69.6 Å². The third-order valence-electron chi connectivity index (χ3n) is 7.90. The summed E-state index contributed by atoms with van der Waals surface area (Å²) in [6, 6.07) is 6.44. The molecular formula is C28H34N8O4. The van der Waals surface area contributed by atoms with Gasteiger partial charge in [0.15, 0.2) is 0 Å². The first-order chi connectivity index (χ1) is 19.7. The number of hydrogen-bond donors (Lipinski definition) is 3. The zero-order valence-corrected chi connectivity index (χ0v) is 22.7. The van der Waals surface area contributed by atoms with Crippen LogP contribution in [0.5, 0.6) is 5.75 Å². The van der Waals surface area contributed by atoms with Crippen LogP contribution in [0.2, 0.25) is 0 Å². The summed E-state index contributed by atoms with van der Waals surface area (Å²) in [4.78, 5) is 30.4. The SMILES string of the molecule is COCCNc1nc(Nc2ccc(C(=O)N3CCC(N4CCOCC4)CC3)c3c2OCC3)nc2[nH]cc(C#N)c12. The van der Waals surface area contributed by atoms with Crippen LogP contribution in [0.4, 0.5) is 17.5 Å². The van der Waals surface area contributed by atoms with Gasteiger partial charge in [0.25, 0.3) is 5.91 Å². The maximum atomic E-state index is 13.6.